The predicted molar refractivity (Wildman–Crippen MR) is 94.5 cm³/mol. The van der Waals surface area contributed by atoms with Gasteiger partial charge in [0.2, 0.25) is 11.6 Å². The van der Waals surface area contributed by atoms with E-state index in [1.165, 1.54) is 0 Å². The van der Waals surface area contributed by atoms with Gasteiger partial charge in [-0.3, -0.25) is 4.79 Å². The average Bonchev–Trinajstić information content (AvgIpc) is 3.17. The van der Waals surface area contributed by atoms with Gasteiger partial charge in [-0.2, -0.15) is 9.78 Å². The molecule has 134 valence electrons. The third kappa shape index (κ3) is 3.37. The molecule has 0 aliphatic rings. The van der Waals surface area contributed by atoms with Crippen LogP contribution in [-0.2, 0) is 0 Å². The van der Waals surface area contributed by atoms with Crippen molar-refractivity contribution < 1.29 is 9.42 Å². The Labute approximate surface area is 156 Å². The van der Waals surface area contributed by atoms with E-state index >= 15 is 0 Å². The molecule has 0 unspecified atom stereocenters. The summed E-state index contributed by atoms with van der Waals surface area (Å²) in [5.41, 5.74) is 9.62. The van der Waals surface area contributed by atoms with E-state index < -0.39 is 5.91 Å². The van der Waals surface area contributed by atoms with Crippen molar-refractivity contribution in [1.82, 2.24) is 30.7 Å². The van der Waals surface area contributed by atoms with Gasteiger partial charge in [-0.05, 0) is 36.3 Å². The van der Waals surface area contributed by atoms with Crippen LogP contribution in [0.15, 0.2) is 27.9 Å². The molecule has 3 rings (SSSR count). The Bertz CT molecular complexity index is 1010. The van der Waals surface area contributed by atoms with E-state index in [-0.39, 0.29) is 17.3 Å². The monoisotopic (exact) mass is 394 g/mol. The summed E-state index contributed by atoms with van der Waals surface area (Å²) in [7, 11) is 0. The van der Waals surface area contributed by atoms with Gasteiger partial charge in [0.25, 0.3) is 5.91 Å². The first-order valence-electron chi connectivity index (χ1n) is 7.19. The Morgan fingerprint density at radius 2 is 2.12 bits per heavy atom. The largest absolute Gasteiger partial charge is 0.378 e. The Morgan fingerprint density at radius 3 is 2.77 bits per heavy atom. The number of rotatable bonds is 4. The molecule has 0 atom stereocenters. The molecule has 0 aliphatic carbocycles. The summed E-state index contributed by atoms with van der Waals surface area (Å²) in [6.45, 7) is 3.30. The van der Waals surface area contributed by atoms with Crippen molar-refractivity contribution in [3.63, 3.8) is 0 Å². The van der Waals surface area contributed by atoms with E-state index in [0.29, 0.717) is 27.0 Å². The van der Waals surface area contributed by atoms with Gasteiger partial charge in [0.15, 0.2) is 5.69 Å². The number of anilines is 1. The van der Waals surface area contributed by atoms with Crippen LogP contribution in [0.2, 0.25) is 10.0 Å². The van der Waals surface area contributed by atoms with Crippen molar-refractivity contribution in [2.24, 2.45) is 5.10 Å². The van der Waals surface area contributed by atoms with Gasteiger partial charge in [0, 0.05) is 10.6 Å². The molecule has 0 bridgehead atoms. The van der Waals surface area contributed by atoms with Gasteiger partial charge in [0.05, 0.1) is 16.4 Å². The Balaban J connectivity index is 1.87. The number of hydrazone groups is 1. The molecule has 2 heterocycles. The average molecular weight is 395 g/mol. The normalized spacial score (nSPS) is 11.6. The second-order valence-corrected chi connectivity index (χ2v) is 6.01. The fourth-order valence-electron chi connectivity index (χ4n) is 2.13. The molecule has 0 radical (unpaired) electrons. The zero-order chi connectivity index (χ0) is 18.8. The van der Waals surface area contributed by atoms with Crippen LogP contribution in [0.4, 0.5) is 5.82 Å². The summed E-state index contributed by atoms with van der Waals surface area (Å²) >= 11 is 12.0. The predicted octanol–water partition coefficient (Wildman–Crippen LogP) is 2.00. The topological polar surface area (TPSA) is 137 Å². The maximum atomic E-state index is 12.5. The number of nitrogens with zero attached hydrogens (tertiary/aromatic N) is 6. The number of aromatic nitrogens is 5. The van der Waals surface area contributed by atoms with E-state index in [0.717, 1.165) is 4.68 Å². The highest BCUT2D eigenvalue weighted by Gasteiger charge is 2.23. The van der Waals surface area contributed by atoms with E-state index in [1.807, 2.05) is 0 Å². The van der Waals surface area contributed by atoms with Crippen molar-refractivity contribution >= 4 is 40.6 Å². The molecule has 1 aromatic carbocycles. The molecular weight excluding hydrogens is 383 g/mol. The lowest BCUT2D eigenvalue weighted by Crippen LogP contribution is -2.24. The summed E-state index contributed by atoms with van der Waals surface area (Å²) in [5, 5.41) is 19.7. The molecule has 0 fully saturated rings. The number of nitrogens with one attached hydrogen (secondary N) is 1. The molecule has 3 N–H and O–H groups in total. The van der Waals surface area contributed by atoms with Crippen LogP contribution in [0.3, 0.4) is 0 Å². The number of aryl methyl sites for hydroxylation is 1. The number of nitrogens with two attached hydrogens (primary N) is 1. The molecule has 0 aliphatic heterocycles. The Kier molecular flexibility index (Phi) is 4.87. The van der Waals surface area contributed by atoms with E-state index in [1.54, 1.807) is 32.0 Å². The fourth-order valence-corrected chi connectivity index (χ4v) is 2.68. The number of hydrogen-bond donors (Lipinski definition) is 2. The standard InChI is InChI=1S/C14H12Cl2N8O2/c1-6(9-4-3-8(15)5-10(9)16)18-20-14(25)11-7(2)19-23-24(11)13-12(17)21-26-22-13/h3-5H,1-2H3,(H2,17,21)(H,20,25). The van der Waals surface area contributed by atoms with E-state index in [2.05, 4.69) is 35.8 Å². The van der Waals surface area contributed by atoms with Gasteiger partial charge < -0.3 is 5.73 Å². The van der Waals surface area contributed by atoms with Gasteiger partial charge in [-0.25, -0.2) is 10.1 Å². The first-order valence-corrected chi connectivity index (χ1v) is 7.95. The summed E-state index contributed by atoms with van der Waals surface area (Å²) < 4.78 is 5.65. The Morgan fingerprint density at radius 1 is 1.35 bits per heavy atom. The van der Waals surface area contributed by atoms with E-state index in [4.69, 9.17) is 28.9 Å². The summed E-state index contributed by atoms with van der Waals surface area (Å²) in [6, 6.07) is 4.96. The molecule has 26 heavy (non-hydrogen) atoms. The summed E-state index contributed by atoms with van der Waals surface area (Å²) in [5.74, 6) is -0.548. The van der Waals surface area contributed by atoms with Crippen molar-refractivity contribution in [2.45, 2.75) is 13.8 Å². The second kappa shape index (κ2) is 7.10. The van der Waals surface area contributed by atoms with Crippen LogP contribution in [-0.4, -0.2) is 36.9 Å². The minimum atomic E-state index is -0.570. The minimum Gasteiger partial charge on any atom is -0.378 e. The van der Waals surface area contributed by atoms with Crippen molar-refractivity contribution in [2.75, 3.05) is 5.73 Å². The zero-order valence-corrected chi connectivity index (χ0v) is 15.1. The SMILES string of the molecule is CC(=NNC(=O)c1c(C)nnn1-c1nonc1N)c1ccc(Cl)cc1Cl. The number of nitrogen functional groups attached to an aromatic ring is 1. The van der Waals surface area contributed by atoms with Crippen LogP contribution < -0.4 is 11.2 Å². The molecule has 10 nitrogen and oxygen atoms in total. The third-order valence-corrected chi connectivity index (χ3v) is 3.94. The highest BCUT2D eigenvalue weighted by molar-refractivity contribution is 6.37. The highest BCUT2D eigenvalue weighted by Crippen LogP contribution is 2.21. The smallest absolute Gasteiger partial charge is 0.292 e. The number of hydrogen-bond acceptors (Lipinski definition) is 8. The molecule has 0 spiro atoms. The van der Waals surface area contributed by atoms with Crippen LogP contribution in [0.1, 0.15) is 28.7 Å². The lowest BCUT2D eigenvalue weighted by atomic mass is 10.1. The number of amides is 1. The molecule has 3 aromatic rings. The maximum absolute atomic E-state index is 12.5. The van der Waals surface area contributed by atoms with Gasteiger partial charge in [0.1, 0.15) is 0 Å². The third-order valence-electron chi connectivity index (χ3n) is 3.40. The second-order valence-electron chi connectivity index (χ2n) is 5.17. The molecular formula is C14H12Cl2N8O2. The van der Waals surface area contributed by atoms with E-state index in [9.17, 15) is 4.79 Å². The van der Waals surface area contributed by atoms with Crippen molar-refractivity contribution in [1.29, 1.82) is 0 Å². The number of carbonyl (C=O) groups is 1. The summed E-state index contributed by atoms with van der Waals surface area (Å²) in [4.78, 5) is 12.5. The first kappa shape index (κ1) is 17.8. The van der Waals surface area contributed by atoms with Gasteiger partial charge in [-0.1, -0.05) is 34.5 Å². The van der Waals surface area contributed by atoms with Crippen molar-refractivity contribution in [3.05, 3.63) is 45.2 Å². The molecule has 0 saturated heterocycles. The maximum Gasteiger partial charge on any atom is 0.292 e. The fraction of sp³-hybridized carbons (Fsp3) is 0.143. The molecule has 0 saturated carbocycles. The summed E-state index contributed by atoms with van der Waals surface area (Å²) in [6.07, 6.45) is 0. The van der Waals surface area contributed by atoms with Gasteiger partial charge >= 0.3 is 0 Å². The number of benzene rings is 1. The zero-order valence-electron chi connectivity index (χ0n) is 13.6. The van der Waals surface area contributed by atoms with Crippen molar-refractivity contribution in [3.8, 4) is 5.82 Å². The number of halogens is 2. The lowest BCUT2D eigenvalue weighted by molar-refractivity contribution is 0.0946. The van der Waals surface area contributed by atoms with Crippen LogP contribution in [0.25, 0.3) is 5.82 Å². The Hall–Kier alpha value is -2.98. The minimum absolute atomic E-state index is 0.0309. The van der Waals surface area contributed by atoms with Gasteiger partial charge in [-0.15, -0.1) is 5.10 Å². The van der Waals surface area contributed by atoms with Crippen LogP contribution in [0, 0.1) is 6.92 Å². The quantitative estimate of drug-likeness (QED) is 0.509. The first-order chi connectivity index (χ1) is 12.4. The molecule has 2 aromatic heterocycles. The van der Waals surface area contributed by atoms with Crippen LogP contribution in [0.5, 0.6) is 0 Å². The molecule has 1 amide bonds. The highest BCUT2D eigenvalue weighted by atomic mass is 35.5. The lowest BCUT2D eigenvalue weighted by Gasteiger charge is -2.06. The number of carbonyl (C=O) groups excluding carboxylic acids is 1. The van der Waals surface area contributed by atoms with Crippen LogP contribution >= 0.6 is 23.2 Å². The molecule has 12 heteroatoms.